The maximum atomic E-state index is 9.47. The molecule has 0 fully saturated rings. The highest BCUT2D eigenvalue weighted by Crippen LogP contribution is 2.37. The minimum absolute atomic E-state index is 0. The molecule has 12 heteroatoms. The number of nitrogens with one attached hydrogen (secondary N) is 3. The van der Waals surface area contributed by atoms with E-state index in [0.717, 1.165) is 50.3 Å². The maximum absolute atomic E-state index is 9.47. The smallest absolute Gasteiger partial charge is 0.201 e. The first kappa shape index (κ1) is 49.1. The van der Waals surface area contributed by atoms with Crippen LogP contribution in [-0.2, 0) is 6.54 Å². The maximum Gasteiger partial charge on any atom is 0.201 e. The van der Waals surface area contributed by atoms with Crippen LogP contribution in [0.3, 0.4) is 0 Å². The van der Waals surface area contributed by atoms with Gasteiger partial charge in [0.15, 0.2) is 0 Å². The van der Waals surface area contributed by atoms with Crippen LogP contribution >= 0.6 is 0 Å². The third kappa shape index (κ3) is 17.9. The monoisotopic (exact) mass is 866 g/mol. The average molecular weight is 867 g/mol. The third-order valence-corrected chi connectivity index (χ3v) is 7.56. The number of nitriles is 1. The standard InChI is InChI=1S/C27H23N5O.C27H4.HN5O.9H2/c1-16-9-10-20(14-28)11-22(16)23-12-21(25-17(2)32-33-18(25)3)13-24-26(23)31-27(30-24)29-15-19-7-5-4-6-8-19;1-3-5-7-9-11-13-15-17-19-21-23-25-27-26-24-22-20-18-16-14-12-10-8-6-4-2;1-2-3-4-5-6;;;;;;;;;/h4-13H,15H2,1-3H3,(H2,29,30,31);1H,2H3;1H;9*1H/b;;2-1?,4-3+;;;;;;;;;. The number of fused-ring (bicyclic) bond motifs is 1. The van der Waals surface area contributed by atoms with Crippen LogP contribution in [0.15, 0.2) is 86.1 Å². The zero-order valence-corrected chi connectivity index (χ0v) is 35.5. The van der Waals surface area contributed by atoms with Crippen LogP contribution in [0, 0.1) is 197 Å². The summed E-state index contributed by atoms with van der Waals surface area (Å²) in [5, 5.41) is 26.2. The van der Waals surface area contributed by atoms with Gasteiger partial charge in [-0.15, -0.1) is 11.3 Å². The minimum atomic E-state index is 0. The molecule has 0 saturated carbocycles. The number of hydrogen-bond donors (Lipinski definition) is 3. The van der Waals surface area contributed by atoms with Crippen molar-refractivity contribution in [3.63, 3.8) is 0 Å². The number of H-pyrrole nitrogens is 1. The van der Waals surface area contributed by atoms with E-state index in [1.165, 1.54) is 5.56 Å². The molecular weight excluding hydrogens is 821 g/mol. The number of rotatable bonds is 7. The van der Waals surface area contributed by atoms with Crippen molar-refractivity contribution in [2.24, 2.45) is 21.0 Å². The van der Waals surface area contributed by atoms with E-state index in [0.29, 0.717) is 18.1 Å². The fourth-order valence-electron chi connectivity index (χ4n) is 5.00. The average Bonchev–Trinajstić information content (AvgIpc) is 3.92. The van der Waals surface area contributed by atoms with Gasteiger partial charge in [0.2, 0.25) is 5.95 Å². The molecule has 0 amide bonds. The van der Waals surface area contributed by atoms with Crippen molar-refractivity contribution in [3.8, 4) is 183 Å². The first-order valence-corrected chi connectivity index (χ1v) is 18.6. The zero-order valence-electron chi connectivity index (χ0n) is 35.5. The van der Waals surface area contributed by atoms with Crippen molar-refractivity contribution in [1.82, 2.24) is 15.1 Å². The molecule has 324 valence electrons. The van der Waals surface area contributed by atoms with Crippen LogP contribution in [0.1, 0.15) is 47.9 Å². The molecule has 12 nitrogen and oxygen atoms in total. The van der Waals surface area contributed by atoms with Gasteiger partial charge < -0.3 is 14.8 Å². The van der Waals surface area contributed by atoms with Gasteiger partial charge in [0.25, 0.3) is 0 Å². The van der Waals surface area contributed by atoms with Crippen LogP contribution in [-0.4, -0.2) is 15.1 Å². The van der Waals surface area contributed by atoms with E-state index in [1.54, 1.807) is 6.92 Å². The molecule has 2 heterocycles. The van der Waals surface area contributed by atoms with Gasteiger partial charge in [-0.25, -0.2) is 4.98 Å². The number of terminal acetylenes is 1. The molecule has 0 saturated heterocycles. The molecule has 5 rings (SSSR count). The molecule has 0 aliphatic carbocycles. The van der Waals surface area contributed by atoms with Gasteiger partial charge in [0.1, 0.15) is 11.0 Å². The summed E-state index contributed by atoms with van der Waals surface area (Å²) in [4.78, 5) is 17.2. The Morgan fingerprint density at radius 2 is 1.27 bits per heavy atom. The van der Waals surface area contributed by atoms with Gasteiger partial charge in [-0.05, 0) is 179 Å². The zero-order chi connectivity index (χ0) is 47.5. The molecule has 0 spiro atoms. The Kier molecular flexibility index (Phi) is 22.2. The molecule has 66 heavy (non-hydrogen) atoms. The molecule has 0 unspecified atom stereocenters. The molecule has 2 aromatic heterocycles. The van der Waals surface area contributed by atoms with Gasteiger partial charge in [-0.1, -0.05) is 47.5 Å². The van der Waals surface area contributed by atoms with Gasteiger partial charge in [-0.3, -0.25) is 0 Å². The lowest BCUT2D eigenvalue weighted by atomic mass is 9.93. The highest BCUT2D eigenvalue weighted by atomic mass is 16.5. The van der Waals surface area contributed by atoms with Crippen LogP contribution < -0.4 is 5.32 Å². The van der Waals surface area contributed by atoms with E-state index in [-0.39, 0.29) is 12.8 Å². The Balaban J connectivity index is -0.000000203. The van der Waals surface area contributed by atoms with Crippen molar-refractivity contribution in [2.45, 2.75) is 34.2 Å². The van der Waals surface area contributed by atoms with E-state index in [9.17, 15) is 5.26 Å². The summed E-state index contributed by atoms with van der Waals surface area (Å²) in [5.74, 6) is 63.4. The number of anilines is 1. The summed E-state index contributed by atoms with van der Waals surface area (Å²) in [5.41, 5.74) is 15.2. The minimum Gasteiger partial charge on any atom is -0.361 e. The molecule has 0 radical (unpaired) electrons. The topological polar surface area (TPSA) is 181 Å². The van der Waals surface area contributed by atoms with Crippen molar-refractivity contribution in [1.29, 1.82) is 10.8 Å². The van der Waals surface area contributed by atoms with Crippen molar-refractivity contribution in [3.05, 3.63) is 93.7 Å². The van der Waals surface area contributed by atoms with Crippen LogP contribution in [0.2, 0.25) is 0 Å². The second-order valence-electron chi connectivity index (χ2n) is 11.8. The Morgan fingerprint density at radius 3 is 1.73 bits per heavy atom. The van der Waals surface area contributed by atoms with Crippen LogP contribution in [0.5, 0.6) is 0 Å². The lowest BCUT2D eigenvalue weighted by Gasteiger charge is -2.10. The molecular formula is C54H46N10O2. The number of benzene rings is 3. The number of imidazole rings is 1. The largest absolute Gasteiger partial charge is 0.361 e. The Morgan fingerprint density at radius 1 is 0.727 bits per heavy atom. The summed E-state index contributed by atoms with van der Waals surface area (Å²) >= 11 is 0. The molecule has 0 bridgehead atoms. The fraction of sp³-hybridized carbons (Fsp3) is 0.0926. The van der Waals surface area contributed by atoms with Crippen LogP contribution in [0.25, 0.3) is 33.3 Å². The van der Waals surface area contributed by atoms with E-state index in [4.69, 9.17) is 26.4 Å². The highest BCUT2D eigenvalue weighted by molar-refractivity contribution is 5.98. The third-order valence-electron chi connectivity index (χ3n) is 7.56. The fourth-order valence-corrected chi connectivity index (χ4v) is 5.00. The first-order chi connectivity index (χ1) is 32.4. The van der Waals surface area contributed by atoms with E-state index in [1.807, 2.05) is 62.5 Å². The second-order valence-corrected chi connectivity index (χ2v) is 11.8. The lowest BCUT2D eigenvalue weighted by Crippen LogP contribution is -2.00. The Labute approximate surface area is 396 Å². The number of hydrogen-bond acceptors (Lipinski definition) is 7. The van der Waals surface area contributed by atoms with Gasteiger partial charge in [0.05, 0.1) is 28.4 Å². The number of aromatic nitrogens is 3. The molecule has 3 aromatic carbocycles. The molecule has 5 aromatic rings. The molecule has 0 aliphatic rings. The molecule has 0 atom stereocenters. The van der Waals surface area contributed by atoms with Gasteiger partial charge >= 0.3 is 0 Å². The number of aromatic amines is 1. The number of nitroso groups, excluding NO2 is 1. The second kappa shape index (κ2) is 29.8. The normalized spacial score (nSPS) is 7.85. The summed E-state index contributed by atoms with van der Waals surface area (Å²) in [6.45, 7) is 8.26. The Hall–Kier alpha value is -11.3. The number of nitrogens with zero attached hydrogens (tertiary/aromatic N) is 7. The van der Waals surface area contributed by atoms with E-state index < -0.39 is 0 Å². The predicted octanol–water partition coefficient (Wildman–Crippen LogP) is 10.3. The Bertz CT molecular complexity index is 3580. The molecule has 3 N–H and O–H groups in total. The predicted molar refractivity (Wildman–Crippen MR) is 272 cm³/mol. The van der Waals surface area contributed by atoms with Crippen molar-refractivity contribution >= 4 is 17.0 Å². The lowest BCUT2D eigenvalue weighted by molar-refractivity contribution is 0.393. The quantitative estimate of drug-likeness (QED) is 0.0633. The van der Waals surface area contributed by atoms with Crippen LogP contribution in [0.4, 0.5) is 5.95 Å². The summed E-state index contributed by atoms with van der Waals surface area (Å²) < 4.78 is 5.43. The highest BCUT2D eigenvalue weighted by Gasteiger charge is 2.18. The molecule has 0 aliphatic heterocycles. The van der Waals surface area contributed by atoms with Gasteiger partial charge in [-0.2, -0.15) is 10.8 Å². The van der Waals surface area contributed by atoms with E-state index >= 15 is 0 Å². The first-order valence-electron chi connectivity index (χ1n) is 18.6. The van der Waals surface area contributed by atoms with Gasteiger partial charge in [0, 0.05) is 83.1 Å². The SMILES string of the molecule is C#CC#CC#CC#CC#CC#CC#CC#CC#CC#CC#CC#CC#CC.Cc1ccc(C#N)cc1-c1cc(-c2c(C)noc2C)cc2[nH]c(NCc3ccccc3)nc12.N=N/N=N/N=O.[HH].[HH].[HH].[HH].[HH].[HH].[HH].[HH].[HH]. The summed E-state index contributed by atoms with van der Waals surface area (Å²) in [6, 6.07) is 22.4. The summed E-state index contributed by atoms with van der Waals surface area (Å²) in [7, 11) is 0. The van der Waals surface area contributed by atoms with Crippen molar-refractivity contribution < 1.29 is 17.4 Å². The number of aryl methyl sites for hydroxylation is 3. The summed E-state index contributed by atoms with van der Waals surface area (Å²) in [6.07, 6.45) is 4.91. The van der Waals surface area contributed by atoms with E-state index in [2.05, 4.69) is 209 Å². The van der Waals surface area contributed by atoms with Crippen molar-refractivity contribution in [2.75, 3.05) is 5.32 Å².